The Morgan fingerprint density at radius 2 is 1.60 bits per heavy atom. The van der Waals surface area contributed by atoms with E-state index >= 15 is 0 Å². The van der Waals surface area contributed by atoms with E-state index in [1.807, 2.05) is 19.0 Å². The lowest BCUT2D eigenvalue weighted by atomic mass is 9.98. The van der Waals surface area contributed by atoms with Crippen molar-refractivity contribution in [2.45, 2.75) is 34.1 Å². The highest BCUT2D eigenvalue weighted by Gasteiger charge is 2.10. The van der Waals surface area contributed by atoms with Crippen LogP contribution in [0.15, 0.2) is 0 Å². The van der Waals surface area contributed by atoms with E-state index in [-0.39, 0.29) is 0 Å². The van der Waals surface area contributed by atoms with Crippen LogP contribution in [-0.4, -0.2) is 42.1 Å². The van der Waals surface area contributed by atoms with Crippen LogP contribution < -0.4 is 15.5 Å². The minimum atomic E-state index is 0.571. The van der Waals surface area contributed by atoms with Gasteiger partial charge in [-0.3, -0.25) is 0 Å². The fourth-order valence-electron chi connectivity index (χ4n) is 1.45. The molecule has 0 aliphatic carbocycles. The molecule has 1 heterocycles. The maximum Gasteiger partial charge on any atom is 0.231 e. The van der Waals surface area contributed by atoms with E-state index in [1.165, 1.54) is 0 Å². The average molecular weight is 280 g/mol. The molecule has 1 atom stereocenters. The zero-order valence-corrected chi connectivity index (χ0v) is 13.6. The van der Waals surface area contributed by atoms with Crippen LogP contribution in [0.4, 0.5) is 17.8 Å². The highest BCUT2D eigenvalue weighted by Crippen LogP contribution is 2.14. The monoisotopic (exact) mass is 280 g/mol. The summed E-state index contributed by atoms with van der Waals surface area (Å²) in [4.78, 5) is 15.1. The third-order valence-corrected chi connectivity index (χ3v) is 3.28. The Balaban J connectivity index is 2.80. The molecule has 1 rings (SSSR count). The molecule has 0 bridgehead atoms. The summed E-state index contributed by atoms with van der Waals surface area (Å²) >= 11 is 0. The van der Waals surface area contributed by atoms with Gasteiger partial charge in [-0.15, -0.1) is 0 Å². The summed E-state index contributed by atoms with van der Waals surface area (Å²) in [7, 11) is 3.86. The maximum atomic E-state index is 4.42. The first-order valence-corrected chi connectivity index (χ1v) is 7.35. The second-order valence-electron chi connectivity index (χ2n) is 5.71. The van der Waals surface area contributed by atoms with Gasteiger partial charge in [-0.25, -0.2) is 0 Å². The van der Waals surface area contributed by atoms with Crippen molar-refractivity contribution in [2.75, 3.05) is 42.7 Å². The van der Waals surface area contributed by atoms with E-state index in [2.05, 4.69) is 53.3 Å². The number of nitrogens with one attached hydrogen (secondary N) is 2. The Bertz CT molecular complexity index is 405. The highest BCUT2D eigenvalue weighted by molar-refractivity contribution is 5.42. The molecular weight excluding hydrogens is 252 g/mol. The third-order valence-electron chi connectivity index (χ3n) is 3.28. The zero-order chi connectivity index (χ0) is 15.1. The minimum Gasteiger partial charge on any atom is -0.354 e. The van der Waals surface area contributed by atoms with Crippen LogP contribution in [0.5, 0.6) is 0 Å². The lowest BCUT2D eigenvalue weighted by molar-refractivity contribution is 0.439. The van der Waals surface area contributed by atoms with E-state index in [0.717, 1.165) is 19.5 Å². The molecule has 6 nitrogen and oxygen atoms in total. The summed E-state index contributed by atoms with van der Waals surface area (Å²) in [5.74, 6) is 3.13. The predicted molar refractivity (Wildman–Crippen MR) is 85.4 cm³/mol. The van der Waals surface area contributed by atoms with Crippen LogP contribution >= 0.6 is 0 Å². The van der Waals surface area contributed by atoms with E-state index in [4.69, 9.17) is 0 Å². The van der Waals surface area contributed by atoms with E-state index in [9.17, 15) is 0 Å². The zero-order valence-electron chi connectivity index (χ0n) is 13.6. The molecule has 2 N–H and O–H groups in total. The van der Waals surface area contributed by atoms with Gasteiger partial charge in [0.2, 0.25) is 17.8 Å². The molecule has 0 fully saturated rings. The van der Waals surface area contributed by atoms with Crippen LogP contribution in [-0.2, 0) is 0 Å². The van der Waals surface area contributed by atoms with Crippen molar-refractivity contribution < 1.29 is 0 Å². The molecule has 1 unspecified atom stereocenters. The number of hydrogen-bond donors (Lipinski definition) is 2. The van der Waals surface area contributed by atoms with Crippen molar-refractivity contribution >= 4 is 17.8 Å². The molecule has 1 aromatic heterocycles. The Kier molecular flexibility index (Phi) is 6.48. The number of rotatable bonds is 8. The van der Waals surface area contributed by atoms with Gasteiger partial charge < -0.3 is 15.5 Å². The smallest absolute Gasteiger partial charge is 0.231 e. The Labute approximate surface area is 122 Å². The summed E-state index contributed by atoms with van der Waals surface area (Å²) in [6, 6.07) is 0. The van der Waals surface area contributed by atoms with Gasteiger partial charge in [0.15, 0.2) is 0 Å². The summed E-state index contributed by atoms with van der Waals surface area (Å²) < 4.78 is 0. The fraction of sp³-hybridized carbons (Fsp3) is 0.786. The maximum absolute atomic E-state index is 4.42. The lowest BCUT2D eigenvalue weighted by Gasteiger charge is -2.17. The van der Waals surface area contributed by atoms with Crippen molar-refractivity contribution in [2.24, 2.45) is 11.8 Å². The van der Waals surface area contributed by atoms with Gasteiger partial charge in [0.1, 0.15) is 0 Å². The molecule has 0 aliphatic heterocycles. The van der Waals surface area contributed by atoms with Crippen molar-refractivity contribution in [3.8, 4) is 0 Å². The molecule has 0 aliphatic rings. The topological polar surface area (TPSA) is 66.0 Å². The van der Waals surface area contributed by atoms with Gasteiger partial charge in [0.25, 0.3) is 0 Å². The first-order chi connectivity index (χ1) is 9.43. The van der Waals surface area contributed by atoms with Crippen LogP contribution in [0, 0.1) is 11.8 Å². The molecule has 0 saturated carbocycles. The third kappa shape index (κ3) is 5.19. The molecule has 20 heavy (non-hydrogen) atoms. The molecule has 114 valence electrons. The van der Waals surface area contributed by atoms with Gasteiger partial charge >= 0.3 is 0 Å². The van der Waals surface area contributed by atoms with Gasteiger partial charge in [-0.05, 0) is 18.3 Å². The van der Waals surface area contributed by atoms with Crippen molar-refractivity contribution in [3.63, 3.8) is 0 Å². The number of nitrogens with zero attached hydrogens (tertiary/aromatic N) is 4. The van der Waals surface area contributed by atoms with Gasteiger partial charge in [-0.1, -0.05) is 27.7 Å². The van der Waals surface area contributed by atoms with Gasteiger partial charge in [-0.2, -0.15) is 15.0 Å². The van der Waals surface area contributed by atoms with E-state index in [1.54, 1.807) is 0 Å². The Hall–Kier alpha value is -1.59. The molecule has 1 aromatic rings. The Morgan fingerprint density at radius 3 is 2.10 bits per heavy atom. The average Bonchev–Trinajstić information content (AvgIpc) is 2.42. The summed E-state index contributed by atoms with van der Waals surface area (Å²) in [6.07, 6.45) is 1.04. The minimum absolute atomic E-state index is 0.571. The highest BCUT2D eigenvalue weighted by atomic mass is 15.3. The first-order valence-electron chi connectivity index (χ1n) is 7.35. The molecule has 0 amide bonds. The van der Waals surface area contributed by atoms with Gasteiger partial charge in [0, 0.05) is 27.2 Å². The van der Waals surface area contributed by atoms with Crippen LogP contribution in [0.2, 0.25) is 0 Å². The fourth-order valence-corrected chi connectivity index (χ4v) is 1.45. The lowest BCUT2D eigenvalue weighted by Crippen LogP contribution is -2.20. The van der Waals surface area contributed by atoms with Crippen molar-refractivity contribution in [3.05, 3.63) is 0 Å². The molecule has 0 saturated heterocycles. The number of anilines is 3. The molecule has 0 spiro atoms. The van der Waals surface area contributed by atoms with Gasteiger partial charge in [0.05, 0.1) is 0 Å². The Morgan fingerprint density at radius 1 is 1.00 bits per heavy atom. The number of hydrogen-bond acceptors (Lipinski definition) is 6. The van der Waals surface area contributed by atoms with Crippen molar-refractivity contribution in [1.82, 2.24) is 15.0 Å². The molecule has 6 heteroatoms. The van der Waals surface area contributed by atoms with Crippen LogP contribution in [0.1, 0.15) is 34.1 Å². The SMILES string of the molecule is CCCNc1nc(NCC(C)C(C)C)nc(N(C)C)n1. The summed E-state index contributed by atoms with van der Waals surface area (Å²) in [5.41, 5.74) is 0. The summed E-state index contributed by atoms with van der Waals surface area (Å²) in [5, 5.41) is 6.52. The second-order valence-corrected chi connectivity index (χ2v) is 5.71. The first kappa shape index (κ1) is 16.5. The summed E-state index contributed by atoms with van der Waals surface area (Å²) in [6.45, 7) is 10.5. The molecule has 0 aromatic carbocycles. The van der Waals surface area contributed by atoms with E-state index < -0.39 is 0 Å². The van der Waals surface area contributed by atoms with Crippen LogP contribution in [0.3, 0.4) is 0 Å². The van der Waals surface area contributed by atoms with Crippen molar-refractivity contribution in [1.29, 1.82) is 0 Å². The normalized spacial score (nSPS) is 12.3. The second kappa shape index (κ2) is 7.87. The predicted octanol–water partition coefficient (Wildman–Crippen LogP) is 2.46. The van der Waals surface area contributed by atoms with E-state index in [0.29, 0.717) is 29.7 Å². The standard InChI is InChI=1S/C14H28N6/c1-7-8-15-12-17-13(16-9-11(4)10(2)3)19-14(18-12)20(5)6/h10-11H,7-9H2,1-6H3,(H2,15,16,17,18,19). The van der Waals surface area contributed by atoms with Crippen LogP contribution in [0.25, 0.3) is 0 Å². The number of aromatic nitrogens is 3. The largest absolute Gasteiger partial charge is 0.354 e. The molecule has 0 radical (unpaired) electrons. The molecular formula is C14H28N6. The quantitative estimate of drug-likeness (QED) is 0.762.